The minimum atomic E-state index is -0.851. The Hall–Kier alpha value is -2.44. The maximum atomic E-state index is 11.9. The fourth-order valence-electron chi connectivity index (χ4n) is 1.55. The second-order valence-corrected chi connectivity index (χ2v) is 4.90. The highest BCUT2D eigenvalue weighted by molar-refractivity contribution is 5.98. The number of nitro benzene ring substituents is 1. The Labute approximate surface area is 122 Å². The second kappa shape index (κ2) is 6.83. The first-order valence-corrected chi connectivity index (χ1v) is 6.42. The van der Waals surface area contributed by atoms with Crippen molar-refractivity contribution in [2.24, 2.45) is 0 Å². The van der Waals surface area contributed by atoms with Crippen LogP contribution in [0.1, 0.15) is 48.4 Å². The molecule has 1 rings (SSSR count). The molecule has 0 aromatic heterocycles. The van der Waals surface area contributed by atoms with Crippen molar-refractivity contribution in [3.8, 4) is 0 Å². The van der Waals surface area contributed by atoms with E-state index in [-0.39, 0.29) is 17.2 Å². The van der Waals surface area contributed by atoms with E-state index in [4.69, 9.17) is 9.47 Å². The largest absolute Gasteiger partial charge is 0.459 e. The maximum absolute atomic E-state index is 11.9. The molecule has 0 aliphatic rings. The number of carbonyl (C=O) groups is 2. The molecule has 0 heterocycles. The van der Waals surface area contributed by atoms with Crippen LogP contribution < -0.4 is 0 Å². The second-order valence-electron chi connectivity index (χ2n) is 4.90. The summed E-state index contributed by atoms with van der Waals surface area (Å²) in [6, 6.07) is 3.45. The van der Waals surface area contributed by atoms with Gasteiger partial charge in [0, 0.05) is 6.07 Å². The highest BCUT2D eigenvalue weighted by atomic mass is 16.6. The van der Waals surface area contributed by atoms with Crippen LogP contribution in [0.2, 0.25) is 0 Å². The van der Waals surface area contributed by atoms with Gasteiger partial charge in [-0.1, -0.05) is 0 Å². The molecule has 0 aliphatic heterocycles. The monoisotopic (exact) mass is 295 g/mol. The van der Waals surface area contributed by atoms with Crippen LogP contribution >= 0.6 is 0 Å². The summed E-state index contributed by atoms with van der Waals surface area (Å²) in [6.07, 6.45) is -0.762. The van der Waals surface area contributed by atoms with Gasteiger partial charge in [0.15, 0.2) is 0 Å². The molecule has 114 valence electrons. The summed E-state index contributed by atoms with van der Waals surface area (Å²) in [6.45, 7) is 6.61. The van der Waals surface area contributed by atoms with Gasteiger partial charge in [-0.3, -0.25) is 10.1 Å². The van der Waals surface area contributed by atoms with Crippen molar-refractivity contribution in [1.29, 1.82) is 0 Å². The van der Waals surface area contributed by atoms with Gasteiger partial charge in [-0.05, 0) is 39.8 Å². The van der Waals surface area contributed by atoms with Gasteiger partial charge in [-0.15, -0.1) is 0 Å². The lowest BCUT2D eigenvalue weighted by Gasteiger charge is -2.10. The smallest absolute Gasteiger partial charge is 0.345 e. The highest BCUT2D eigenvalue weighted by Crippen LogP contribution is 2.22. The number of rotatable bonds is 5. The normalized spacial score (nSPS) is 10.6. The van der Waals surface area contributed by atoms with Gasteiger partial charge in [0.25, 0.3) is 5.69 Å². The summed E-state index contributed by atoms with van der Waals surface area (Å²) in [7, 11) is 0. The quantitative estimate of drug-likeness (QED) is 0.471. The third-order valence-corrected chi connectivity index (χ3v) is 2.33. The molecule has 0 saturated heterocycles. The average molecular weight is 295 g/mol. The minimum Gasteiger partial charge on any atom is -0.459 e. The zero-order valence-electron chi connectivity index (χ0n) is 12.3. The molecule has 0 aliphatic carbocycles. The number of hydrogen-bond acceptors (Lipinski definition) is 6. The van der Waals surface area contributed by atoms with Crippen molar-refractivity contribution in [2.75, 3.05) is 0 Å². The summed E-state index contributed by atoms with van der Waals surface area (Å²) >= 11 is 0. The van der Waals surface area contributed by atoms with E-state index in [1.54, 1.807) is 27.7 Å². The fourth-order valence-corrected chi connectivity index (χ4v) is 1.55. The summed E-state index contributed by atoms with van der Waals surface area (Å²) < 4.78 is 9.94. The lowest BCUT2D eigenvalue weighted by molar-refractivity contribution is -0.385. The van der Waals surface area contributed by atoms with Crippen LogP contribution in [-0.4, -0.2) is 29.1 Å². The lowest BCUT2D eigenvalue weighted by atomic mass is 10.1. The fraction of sp³-hybridized carbons (Fsp3) is 0.429. The summed E-state index contributed by atoms with van der Waals surface area (Å²) in [5.41, 5.74) is -0.626. The Morgan fingerprint density at radius 3 is 2.05 bits per heavy atom. The molecule has 0 amide bonds. The third-order valence-electron chi connectivity index (χ3n) is 2.33. The van der Waals surface area contributed by atoms with Crippen LogP contribution in [0.4, 0.5) is 5.69 Å². The van der Waals surface area contributed by atoms with Gasteiger partial charge in [0.1, 0.15) is 5.56 Å². The number of nitro groups is 1. The highest BCUT2D eigenvalue weighted by Gasteiger charge is 2.24. The van der Waals surface area contributed by atoms with Crippen LogP contribution in [0.5, 0.6) is 0 Å². The number of benzene rings is 1. The standard InChI is InChI=1S/C14H17NO6/c1-8(2)20-13(16)10-5-6-12(15(18)19)11(7-10)14(17)21-9(3)4/h5-9H,1-4H3. The van der Waals surface area contributed by atoms with Crippen LogP contribution in [0, 0.1) is 10.1 Å². The van der Waals surface area contributed by atoms with Crippen molar-refractivity contribution in [2.45, 2.75) is 39.9 Å². The van der Waals surface area contributed by atoms with Crippen molar-refractivity contribution in [1.82, 2.24) is 0 Å². The Bertz CT molecular complexity index is 565. The van der Waals surface area contributed by atoms with Crippen LogP contribution in [0.25, 0.3) is 0 Å². The van der Waals surface area contributed by atoms with Gasteiger partial charge in [-0.2, -0.15) is 0 Å². The van der Waals surface area contributed by atoms with Crippen molar-refractivity contribution in [3.63, 3.8) is 0 Å². The molecule has 7 nitrogen and oxygen atoms in total. The molecule has 0 radical (unpaired) electrons. The van der Waals surface area contributed by atoms with Crippen LogP contribution in [0.15, 0.2) is 18.2 Å². The first-order chi connectivity index (χ1) is 9.72. The first-order valence-electron chi connectivity index (χ1n) is 6.42. The van der Waals surface area contributed by atoms with E-state index in [2.05, 4.69) is 0 Å². The predicted octanol–water partition coefficient (Wildman–Crippen LogP) is 2.73. The molecule has 7 heteroatoms. The van der Waals surface area contributed by atoms with E-state index in [0.717, 1.165) is 12.1 Å². The Kier molecular flexibility index (Phi) is 5.40. The Morgan fingerprint density at radius 1 is 1.05 bits per heavy atom. The Balaban J connectivity index is 3.21. The molecule has 0 bridgehead atoms. The maximum Gasteiger partial charge on any atom is 0.345 e. The molecule has 1 aromatic carbocycles. The number of nitrogens with zero attached hydrogens (tertiary/aromatic N) is 1. The lowest BCUT2D eigenvalue weighted by Crippen LogP contribution is -2.16. The van der Waals surface area contributed by atoms with E-state index in [1.165, 1.54) is 6.07 Å². The van der Waals surface area contributed by atoms with E-state index >= 15 is 0 Å². The molecule has 0 unspecified atom stereocenters. The van der Waals surface area contributed by atoms with Gasteiger partial charge >= 0.3 is 11.9 Å². The van der Waals surface area contributed by atoms with Gasteiger partial charge in [0.05, 0.1) is 22.7 Å². The van der Waals surface area contributed by atoms with Crippen LogP contribution in [0.3, 0.4) is 0 Å². The Morgan fingerprint density at radius 2 is 1.57 bits per heavy atom. The number of hydrogen-bond donors (Lipinski definition) is 0. The average Bonchev–Trinajstić information content (AvgIpc) is 2.36. The van der Waals surface area contributed by atoms with E-state index in [9.17, 15) is 19.7 Å². The number of esters is 2. The molecule has 0 saturated carbocycles. The predicted molar refractivity (Wildman–Crippen MR) is 74.2 cm³/mol. The van der Waals surface area contributed by atoms with Crippen molar-refractivity contribution >= 4 is 17.6 Å². The van der Waals surface area contributed by atoms with Gasteiger partial charge < -0.3 is 9.47 Å². The zero-order chi connectivity index (χ0) is 16.2. The molecule has 1 aromatic rings. The first kappa shape index (κ1) is 16.6. The third kappa shape index (κ3) is 4.55. The van der Waals surface area contributed by atoms with Crippen molar-refractivity contribution < 1.29 is 24.0 Å². The molecule has 21 heavy (non-hydrogen) atoms. The number of ether oxygens (including phenoxy) is 2. The minimum absolute atomic E-state index is 0.0602. The van der Waals surface area contributed by atoms with Gasteiger partial charge in [-0.25, -0.2) is 9.59 Å². The van der Waals surface area contributed by atoms with E-state index < -0.39 is 28.7 Å². The molecule has 0 fully saturated rings. The summed E-state index contributed by atoms with van der Waals surface area (Å²) in [4.78, 5) is 33.9. The topological polar surface area (TPSA) is 95.7 Å². The van der Waals surface area contributed by atoms with E-state index in [1.807, 2.05) is 0 Å². The molecular formula is C14H17NO6. The zero-order valence-corrected chi connectivity index (χ0v) is 12.3. The molecule has 0 N–H and O–H groups in total. The summed E-state index contributed by atoms with van der Waals surface area (Å²) in [5.74, 6) is -1.51. The van der Waals surface area contributed by atoms with Crippen LogP contribution in [-0.2, 0) is 9.47 Å². The SMILES string of the molecule is CC(C)OC(=O)c1ccc([N+](=O)[O-])c(C(=O)OC(C)C)c1. The summed E-state index contributed by atoms with van der Waals surface area (Å²) in [5, 5.41) is 11.0. The van der Waals surface area contributed by atoms with Gasteiger partial charge in [0.2, 0.25) is 0 Å². The molecule has 0 atom stereocenters. The van der Waals surface area contributed by atoms with E-state index in [0.29, 0.717) is 0 Å². The number of carbonyl (C=O) groups excluding carboxylic acids is 2. The molecule has 0 spiro atoms. The van der Waals surface area contributed by atoms with Crippen molar-refractivity contribution in [3.05, 3.63) is 39.4 Å². The molecular weight excluding hydrogens is 278 g/mol.